The molecule has 1 aliphatic rings. The van der Waals surface area contributed by atoms with Crippen molar-refractivity contribution in [2.45, 2.75) is 6.92 Å². The Hall–Kier alpha value is -1.09. The molecule has 5 nitrogen and oxygen atoms in total. The van der Waals surface area contributed by atoms with Crippen LogP contribution in [0.2, 0.25) is 0 Å². The van der Waals surface area contributed by atoms with Crippen molar-refractivity contribution in [3.05, 3.63) is 26.4 Å². The summed E-state index contributed by atoms with van der Waals surface area (Å²) in [5, 5.41) is 3.23. The molecule has 0 atom stereocenters. The molecule has 104 valence electrons. The molecule has 7 heteroatoms. The number of anilines is 1. The van der Waals surface area contributed by atoms with Crippen LogP contribution in [0.1, 0.15) is 6.92 Å². The molecule has 1 aliphatic heterocycles. The normalized spacial score (nSPS) is 12.6. The second-order valence-electron chi connectivity index (χ2n) is 4.11. The van der Waals surface area contributed by atoms with Gasteiger partial charge >= 0.3 is 0 Å². The van der Waals surface area contributed by atoms with E-state index >= 15 is 0 Å². The van der Waals surface area contributed by atoms with Crippen LogP contribution in [0.4, 0.5) is 5.82 Å². The number of halogens is 2. The third-order valence-corrected chi connectivity index (χ3v) is 4.15. The number of benzene rings is 1. The van der Waals surface area contributed by atoms with E-state index in [1.807, 2.05) is 19.1 Å². The van der Waals surface area contributed by atoms with Gasteiger partial charge in [0.15, 0.2) is 17.3 Å². The van der Waals surface area contributed by atoms with Crippen molar-refractivity contribution in [1.82, 2.24) is 9.97 Å². The van der Waals surface area contributed by atoms with Crippen LogP contribution in [0.5, 0.6) is 11.5 Å². The van der Waals surface area contributed by atoms with Crippen molar-refractivity contribution in [2.24, 2.45) is 0 Å². The zero-order valence-electron chi connectivity index (χ0n) is 10.6. The van der Waals surface area contributed by atoms with E-state index in [0.717, 1.165) is 31.7 Å². The van der Waals surface area contributed by atoms with Gasteiger partial charge in [0.25, 0.3) is 0 Å². The first-order chi connectivity index (χ1) is 9.69. The average Bonchev–Trinajstić information content (AvgIpc) is 2.90. The number of nitrogens with zero attached hydrogens (tertiary/aromatic N) is 2. The predicted octanol–water partition coefficient (Wildman–Crippen LogP) is 3.67. The van der Waals surface area contributed by atoms with Crippen LogP contribution in [0, 0.1) is 3.57 Å². The van der Waals surface area contributed by atoms with E-state index in [1.165, 1.54) is 0 Å². The van der Waals surface area contributed by atoms with Gasteiger partial charge in [-0.1, -0.05) is 0 Å². The Balaban J connectivity index is 2.05. The Morgan fingerprint density at radius 3 is 3.05 bits per heavy atom. The molecule has 0 bridgehead atoms. The predicted molar refractivity (Wildman–Crippen MR) is 88.2 cm³/mol. The Kier molecular flexibility index (Phi) is 3.97. The third-order valence-electron chi connectivity index (χ3n) is 2.77. The Labute approximate surface area is 138 Å². The SMILES string of the molecule is CCNc1nc(-c2cc(Br)c3c(c2)OCO3)ncc1I. The summed E-state index contributed by atoms with van der Waals surface area (Å²) in [4.78, 5) is 8.93. The van der Waals surface area contributed by atoms with Crippen LogP contribution in [-0.4, -0.2) is 23.3 Å². The van der Waals surface area contributed by atoms with E-state index in [0.29, 0.717) is 11.6 Å². The molecule has 3 rings (SSSR count). The van der Waals surface area contributed by atoms with Gasteiger partial charge in [-0.25, -0.2) is 9.97 Å². The largest absolute Gasteiger partial charge is 0.454 e. The van der Waals surface area contributed by atoms with Gasteiger partial charge in [0.1, 0.15) is 5.82 Å². The highest BCUT2D eigenvalue weighted by Crippen LogP contribution is 2.42. The summed E-state index contributed by atoms with van der Waals surface area (Å²) in [7, 11) is 0. The Morgan fingerprint density at radius 2 is 2.25 bits per heavy atom. The quantitative estimate of drug-likeness (QED) is 0.727. The summed E-state index contributed by atoms with van der Waals surface area (Å²) in [5.41, 5.74) is 0.886. The van der Waals surface area contributed by atoms with Gasteiger partial charge in [-0.15, -0.1) is 0 Å². The molecule has 0 radical (unpaired) electrons. The third kappa shape index (κ3) is 2.56. The first kappa shape index (κ1) is 13.9. The molecule has 1 N–H and O–H groups in total. The Morgan fingerprint density at radius 1 is 1.40 bits per heavy atom. The lowest BCUT2D eigenvalue weighted by atomic mass is 10.2. The minimum Gasteiger partial charge on any atom is -0.454 e. The molecule has 2 aromatic rings. The average molecular weight is 448 g/mol. The fraction of sp³-hybridized carbons (Fsp3) is 0.231. The summed E-state index contributed by atoms with van der Waals surface area (Å²) in [6, 6.07) is 3.83. The van der Waals surface area contributed by atoms with Crippen LogP contribution >= 0.6 is 38.5 Å². The molecule has 0 spiro atoms. The van der Waals surface area contributed by atoms with Gasteiger partial charge in [-0.3, -0.25) is 0 Å². The van der Waals surface area contributed by atoms with Crippen LogP contribution in [-0.2, 0) is 0 Å². The second-order valence-corrected chi connectivity index (χ2v) is 6.13. The van der Waals surface area contributed by atoms with Crippen LogP contribution in [0.3, 0.4) is 0 Å². The number of ether oxygens (including phenoxy) is 2. The molecular weight excluding hydrogens is 437 g/mol. The zero-order valence-corrected chi connectivity index (χ0v) is 14.4. The molecule has 0 saturated carbocycles. The number of hydrogen-bond acceptors (Lipinski definition) is 5. The monoisotopic (exact) mass is 447 g/mol. The standard InChI is InChI=1S/C13H11BrIN3O2/c1-2-16-13-9(15)5-17-12(18-13)7-3-8(14)11-10(4-7)19-6-20-11/h3-5H,2,6H2,1H3,(H,16,17,18). The van der Waals surface area contributed by atoms with Crippen LogP contribution in [0.25, 0.3) is 11.4 Å². The van der Waals surface area contributed by atoms with Gasteiger partial charge in [0.05, 0.1) is 8.04 Å². The van der Waals surface area contributed by atoms with Gasteiger partial charge in [-0.05, 0) is 57.6 Å². The molecule has 1 aromatic heterocycles. The van der Waals surface area contributed by atoms with Crippen LogP contribution in [0.15, 0.2) is 22.8 Å². The van der Waals surface area contributed by atoms with Crippen molar-refractivity contribution in [3.63, 3.8) is 0 Å². The smallest absolute Gasteiger partial charge is 0.231 e. The Bertz CT molecular complexity index is 666. The van der Waals surface area contributed by atoms with Crippen molar-refractivity contribution in [2.75, 3.05) is 18.7 Å². The summed E-state index contributed by atoms with van der Waals surface area (Å²) in [6.45, 7) is 3.10. The number of fused-ring (bicyclic) bond motifs is 1. The summed E-state index contributed by atoms with van der Waals surface area (Å²) < 4.78 is 12.6. The maximum atomic E-state index is 5.42. The molecule has 20 heavy (non-hydrogen) atoms. The molecule has 1 aromatic carbocycles. The lowest BCUT2D eigenvalue weighted by Crippen LogP contribution is -2.03. The minimum absolute atomic E-state index is 0.244. The number of nitrogens with one attached hydrogen (secondary N) is 1. The molecule has 0 amide bonds. The van der Waals surface area contributed by atoms with E-state index in [4.69, 9.17) is 9.47 Å². The van der Waals surface area contributed by atoms with Crippen molar-refractivity contribution in [3.8, 4) is 22.9 Å². The summed E-state index contributed by atoms with van der Waals surface area (Å²) in [6.07, 6.45) is 1.80. The van der Waals surface area contributed by atoms with Gasteiger partial charge < -0.3 is 14.8 Å². The highest BCUT2D eigenvalue weighted by Gasteiger charge is 2.19. The lowest BCUT2D eigenvalue weighted by Gasteiger charge is -2.08. The van der Waals surface area contributed by atoms with Gasteiger partial charge in [0.2, 0.25) is 6.79 Å². The fourth-order valence-corrected chi connectivity index (χ4v) is 2.90. The molecule has 0 saturated heterocycles. The highest BCUT2D eigenvalue weighted by molar-refractivity contribution is 14.1. The first-order valence-corrected chi connectivity index (χ1v) is 7.92. The topological polar surface area (TPSA) is 56.3 Å². The van der Waals surface area contributed by atoms with Crippen molar-refractivity contribution >= 4 is 44.3 Å². The van der Waals surface area contributed by atoms with Crippen molar-refractivity contribution < 1.29 is 9.47 Å². The number of aromatic nitrogens is 2. The molecular formula is C13H11BrIN3O2. The van der Waals surface area contributed by atoms with Crippen molar-refractivity contribution in [1.29, 1.82) is 0 Å². The number of rotatable bonds is 3. The lowest BCUT2D eigenvalue weighted by molar-refractivity contribution is 0.173. The van der Waals surface area contributed by atoms with E-state index in [1.54, 1.807) is 6.20 Å². The second kappa shape index (κ2) is 5.72. The van der Waals surface area contributed by atoms with E-state index in [-0.39, 0.29) is 6.79 Å². The van der Waals surface area contributed by atoms with Crippen LogP contribution < -0.4 is 14.8 Å². The summed E-state index contributed by atoms with van der Waals surface area (Å²) in [5.74, 6) is 2.93. The number of hydrogen-bond donors (Lipinski definition) is 1. The fourth-order valence-electron chi connectivity index (χ4n) is 1.89. The maximum absolute atomic E-state index is 5.42. The van der Waals surface area contributed by atoms with E-state index < -0.39 is 0 Å². The molecule has 0 unspecified atom stereocenters. The molecule has 0 aliphatic carbocycles. The van der Waals surface area contributed by atoms with Gasteiger partial charge in [0, 0.05) is 18.3 Å². The molecule has 0 fully saturated rings. The summed E-state index contributed by atoms with van der Waals surface area (Å²) >= 11 is 5.70. The van der Waals surface area contributed by atoms with E-state index in [9.17, 15) is 0 Å². The minimum atomic E-state index is 0.244. The van der Waals surface area contributed by atoms with E-state index in [2.05, 4.69) is 53.8 Å². The first-order valence-electron chi connectivity index (χ1n) is 6.05. The zero-order chi connectivity index (χ0) is 14.1. The maximum Gasteiger partial charge on any atom is 0.231 e. The molecule has 2 heterocycles. The highest BCUT2D eigenvalue weighted by atomic mass is 127. The van der Waals surface area contributed by atoms with Gasteiger partial charge in [-0.2, -0.15) is 0 Å².